The summed E-state index contributed by atoms with van der Waals surface area (Å²) in [5.41, 5.74) is 2.90. The van der Waals surface area contributed by atoms with E-state index in [4.69, 9.17) is 11.6 Å². The van der Waals surface area contributed by atoms with Crippen molar-refractivity contribution in [3.8, 4) is 0 Å². The Bertz CT molecular complexity index is 437. The minimum atomic E-state index is 0. The highest BCUT2D eigenvalue weighted by Gasteiger charge is 2.37. The monoisotopic (exact) mass is 294 g/mol. The maximum atomic E-state index is 6.66. The van der Waals surface area contributed by atoms with Gasteiger partial charge in [0, 0.05) is 11.3 Å². The van der Waals surface area contributed by atoms with Crippen LogP contribution in [-0.2, 0) is 0 Å². The van der Waals surface area contributed by atoms with E-state index in [1.165, 1.54) is 24.0 Å². The van der Waals surface area contributed by atoms with Crippen molar-refractivity contribution < 1.29 is 0 Å². The highest BCUT2D eigenvalue weighted by Crippen LogP contribution is 2.47. The standard InChI is InChI=1S/C17H23Cl.H4Si/c1-4-5-10-16(18)17(2,3)15-12-11-13-8-6-7-9-14(13)15;/h6-9,11-12,15-16H,4-5,10H2,1-3H3;1H4. The molecule has 0 saturated heterocycles. The summed E-state index contributed by atoms with van der Waals surface area (Å²) in [5.74, 6) is 0.452. The van der Waals surface area contributed by atoms with Crippen molar-refractivity contribution in [1.29, 1.82) is 0 Å². The quantitative estimate of drug-likeness (QED) is 0.565. The maximum Gasteiger partial charge on any atom is 0.0395 e. The fourth-order valence-electron chi connectivity index (χ4n) is 2.85. The molecule has 1 aromatic rings. The Kier molecular flexibility index (Phi) is 5.88. The van der Waals surface area contributed by atoms with E-state index in [0.29, 0.717) is 5.92 Å². The summed E-state index contributed by atoms with van der Waals surface area (Å²) in [6, 6.07) is 8.67. The molecule has 1 aliphatic rings. The first-order chi connectivity index (χ1) is 8.57. The Balaban J connectivity index is 0.00000180. The van der Waals surface area contributed by atoms with E-state index in [0.717, 1.165) is 6.42 Å². The van der Waals surface area contributed by atoms with Crippen molar-refractivity contribution in [3.63, 3.8) is 0 Å². The van der Waals surface area contributed by atoms with Crippen LogP contribution < -0.4 is 0 Å². The van der Waals surface area contributed by atoms with Gasteiger partial charge in [-0.3, -0.25) is 0 Å². The zero-order chi connectivity index (χ0) is 13.2. The van der Waals surface area contributed by atoms with E-state index < -0.39 is 0 Å². The third-order valence-corrected chi connectivity index (χ3v) is 5.00. The van der Waals surface area contributed by atoms with Crippen LogP contribution in [-0.4, -0.2) is 16.3 Å². The maximum absolute atomic E-state index is 6.66. The molecule has 0 aromatic heterocycles. The number of halogens is 1. The normalized spacial score (nSPS) is 18.8. The molecular weight excluding hydrogens is 268 g/mol. The predicted octanol–water partition coefficient (Wildman–Crippen LogP) is 4.17. The number of fused-ring (bicyclic) bond motifs is 1. The molecule has 0 aliphatic heterocycles. The lowest BCUT2D eigenvalue weighted by Gasteiger charge is -2.36. The summed E-state index contributed by atoms with van der Waals surface area (Å²) in [4.78, 5) is 0. The summed E-state index contributed by atoms with van der Waals surface area (Å²) in [6.07, 6.45) is 8.11. The van der Waals surface area contributed by atoms with Gasteiger partial charge in [-0.2, -0.15) is 0 Å². The van der Waals surface area contributed by atoms with Crippen LogP contribution in [0, 0.1) is 5.41 Å². The van der Waals surface area contributed by atoms with E-state index in [-0.39, 0.29) is 21.8 Å². The average molecular weight is 295 g/mol. The van der Waals surface area contributed by atoms with Crippen LogP contribution in [0.25, 0.3) is 6.08 Å². The summed E-state index contributed by atoms with van der Waals surface area (Å²) >= 11 is 6.66. The largest absolute Gasteiger partial charge is 0.122 e. The lowest BCUT2D eigenvalue weighted by Crippen LogP contribution is -2.30. The summed E-state index contributed by atoms with van der Waals surface area (Å²) < 4.78 is 0. The smallest absolute Gasteiger partial charge is 0.0395 e. The second-order valence-corrected chi connectivity index (χ2v) is 6.42. The number of unbranched alkanes of at least 4 members (excludes halogenated alkanes) is 1. The van der Waals surface area contributed by atoms with Gasteiger partial charge >= 0.3 is 0 Å². The van der Waals surface area contributed by atoms with Gasteiger partial charge in [0.1, 0.15) is 0 Å². The number of hydrogen-bond donors (Lipinski definition) is 0. The summed E-state index contributed by atoms with van der Waals surface area (Å²) in [5, 5.41) is 0.234. The summed E-state index contributed by atoms with van der Waals surface area (Å²) in [6.45, 7) is 6.83. The minimum Gasteiger partial charge on any atom is -0.122 e. The van der Waals surface area contributed by atoms with Gasteiger partial charge in [0.25, 0.3) is 0 Å². The van der Waals surface area contributed by atoms with Crippen LogP contribution in [0.15, 0.2) is 30.3 Å². The molecule has 0 heterocycles. The molecule has 2 heteroatoms. The van der Waals surface area contributed by atoms with Gasteiger partial charge in [-0.15, -0.1) is 11.6 Å². The number of hydrogen-bond acceptors (Lipinski definition) is 0. The third-order valence-electron chi connectivity index (χ3n) is 4.22. The molecule has 0 nitrogen and oxygen atoms in total. The molecule has 0 N–H and O–H groups in total. The molecule has 2 unspecified atom stereocenters. The Labute approximate surface area is 127 Å². The van der Waals surface area contributed by atoms with Crippen molar-refractivity contribution in [2.75, 3.05) is 0 Å². The Morgan fingerprint density at radius 1 is 1.26 bits per heavy atom. The molecule has 19 heavy (non-hydrogen) atoms. The predicted molar refractivity (Wildman–Crippen MR) is 92.5 cm³/mol. The Hall–Kier alpha value is -0.533. The number of rotatable bonds is 5. The first kappa shape index (κ1) is 16.5. The topological polar surface area (TPSA) is 0 Å². The number of allylic oxidation sites excluding steroid dienone is 1. The van der Waals surface area contributed by atoms with Crippen LogP contribution in [0.5, 0.6) is 0 Å². The molecular formula is C17H27ClSi. The fourth-order valence-corrected chi connectivity index (χ4v) is 3.14. The van der Waals surface area contributed by atoms with Crippen molar-refractivity contribution in [2.45, 2.75) is 51.3 Å². The summed E-state index contributed by atoms with van der Waals surface area (Å²) in [7, 11) is 0. The van der Waals surface area contributed by atoms with Gasteiger partial charge in [0.05, 0.1) is 0 Å². The van der Waals surface area contributed by atoms with Crippen molar-refractivity contribution in [2.24, 2.45) is 5.41 Å². The van der Waals surface area contributed by atoms with Gasteiger partial charge in [0.2, 0.25) is 0 Å². The van der Waals surface area contributed by atoms with Crippen LogP contribution in [0.1, 0.15) is 57.1 Å². The first-order valence-corrected chi connectivity index (χ1v) is 7.42. The van der Waals surface area contributed by atoms with E-state index in [2.05, 4.69) is 57.2 Å². The van der Waals surface area contributed by atoms with E-state index in [9.17, 15) is 0 Å². The minimum absolute atomic E-state index is 0. The molecule has 2 rings (SSSR count). The fraction of sp³-hybridized carbons (Fsp3) is 0.529. The van der Waals surface area contributed by atoms with E-state index in [1.807, 2.05) is 0 Å². The molecule has 0 amide bonds. The lowest BCUT2D eigenvalue weighted by atomic mass is 9.72. The zero-order valence-electron chi connectivity index (χ0n) is 11.6. The van der Waals surface area contributed by atoms with E-state index in [1.54, 1.807) is 0 Å². The third kappa shape index (κ3) is 3.32. The van der Waals surface area contributed by atoms with Gasteiger partial charge < -0.3 is 0 Å². The zero-order valence-corrected chi connectivity index (χ0v) is 12.4. The Morgan fingerprint density at radius 2 is 1.95 bits per heavy atom. The molecule has 0 spiro atoms. The average Bonchev–Trinajstić information content (AvgIpc) is 2.80. The molecule has 0 saturated carbocycles. The van der Waals surface area contributed by atoms with Crippen LogP contribution in [0.4, 0.5) is 0 Å². The number of benzene rings is 1. The van der Waals surface area contributed by atoms with Gasteiger partial charge in [-0.05, 0) is 33.9 Å². The van der Waals surface area contributed by atoms with Crippen molar-refractivity contribution in [1.82, 2.24) is 0 Å². The van der Waals surface area contributed by atoms with Gasteiger partial charge in [0.15, 0.2) is 0 Å². The second-order valence-electron chi connectivity index (χ2n) is 5.90. The SMILES string of the molecule is CCCCC(Cl)C(C)(C)C1C=Cc2ccccc21.[SiH4]. The first-order valence-electron chi connectivity index (χ1n) is 6.98. The molecule has 2 atom stereocenters. The van der Waals surface area contributed by atoms with Crippen LogP contribution >= 0.6 is 11.6 Å². The van der Waals surface area contributed by atoms with Gasteiger partial charge in [-0.1, -0.05) is 70.0 Å². The van der Waals surface area contributed by atoms with Gasteiger partial charge in [-0.25, -0.2) is 0 Å². The molecule has 1 aliphatic carbocycles. The number of alkyl halides is 1. The molecule has 0 bridgehead atoms. The van der Waals surface area contributed by atoms with Crippen LogP contribution in [0.2, 0.25) is 0 Å². The van der Waals surface area contributed by atoms with Crippen molar-refractivity contribution >= 4 is 28.6 Å². The van der Waals surface area contributed by atoms with Crippen LogP contribution in [0.3, 0.4) is 0 Å². The highest BCUT2D eigenvalue weighted by molar-refractivity contribution is 6.21. The Morgan fingerprint density at radius 3 is 2.63 bits per heavy atom. The molecule has 0 fully saturated rings. The second kappa shape index (κ2) is 6.76. The highest BCUT2D eigenvalue weighted by atomic mass is 35.5. The lowest BCUT2D eigenvalue weighted by molar-refractivity contribution is 0.295. The molecule has 1 aromatic carbocycles. The van der Waals surface area contributed by atoms with E-state index >= 15 is 0 Å². The molecule has 0 radical (unpaired) electrons. The van der Waals surface area contributed by atoms with Crippen molar-refractivity contribution in [3.05, 3.63) is 41.5 Å². The molecule has 106 valence electrons.